The molecule has 0 fully saturated rings. The van der Waals surface area contributed by atoms with Gasteiger partial charge in [-0.15, -0.1) is 0 Å². The van der Waals surface area contributed by atoms with Crippen molar-refractivity contribution in [3.63, 3.8) is 0 Å². The quantitative estimate of drug-likeness (QED) is 0.563. The summed E-state index contributed by atoms with van der Waals surface area (Å²) in [6.45, 7) is 13.9. The second kappa shape index (κ2) is 9.87. The molecule has 0 N–H and O–H groups in total. The Balaban J connectivity index is 0. The summed E-state index contributed by atoms with van der Waals surface area (Å²) >= 11 is 0. The van der Waals surface area contributed by atoms with E-state index in [1.807, 2.05) is 27.7 Å². The monoisotopic (exact) mass is 244 g/mol. The number of rotatable bonds is 4. The van der Waals surface area contributed by atoms with Crippen molar-refractivity contribution < 1.29 is 19.1 Å². The van der Waals surface area contributed by atoms with Crippen LogP contribution in [-0.4, -0.2) is 18.0 Å². The van der Waals surface area contributed by atoms with E-state index in [1.54, 1.807) is 6.92 Å². The summed E-state index contributed by atoms with van der Waals surface area (Å²) in [6, 6.07) is 0. The minimum absolute atomic E-state index is 0.0153. The van der Waals surface area contributed by atoms with Crippen LogP contribution >= 0.6 is 0 Å². The van der Waals surface area contributed by atoms with Crippen LogP contribution in [0.3, 0.4) is 0 Å². The van der Waals surface area contributed by atoms with Crippen LogP contribution in [0.1, 0.15) is 48.0 Å². The molecule has 0 aromatic rings. The molecule has 0 rings (SSSR count). The maximum atomic E-state index is 11.0. The summed E-state index contributed by atoms with van der Waals surface area (Å²) in [4.78, 5) is 20.9. The highest BCUT2D eigenvalue weighted by atomic mass is 16.5. The van der Waals surface area contributed by atoms with Crippen LogP contribution < -0.4 is 0 Å². The number of esters is 2. The third-order valence-corrected chi connectivity index (χ3v) is 1.68. The summed E-state index contributed by atoms with van der Waals surface area (Å²) in [5.41, 5.74) is 0. The molecule has 0 aliphatic heterocycles. The lowest BCUT2D eigenvalue weighted by molar-refractivity contribution is -0.151. The topological polar surface area (TPSA) is 52.6 Å². The third-order valence-electron chi connectivity index (χ3n) is 1.68. The Labute approximate surface area is 104 Å². The van der Waals surface area contributed by atoms with Gasteiger partial charge >= 0.3 is 11.9 Å². The molecule has 17 heavy (non-hydrogen) atoms. The van der Waals surface area contributed by atoms with E-state index in [0.717, 1.165) is 6.42 Å². The van der Waals surface area contributed by atoms with Gasteiger partial charge in [0.15, 0.2) is 0 Å². The third kappa shape index (κ3) is 14.7. The molecule has 0 aromatic carbocycles. The van der Waals surface area contributed by atoms with Crippen molar-refractivity contribution in [2.24, 2.45) is 5.92 Å². The van der Waals surface area contributed by atoms with Gasteiger partial charge in [-0.05, 0) is 27.2 Å². The van der Waals surface area contributed by atoms with E-state index in [2.05, 4.69) is 11.3 Å². The number of ether oxygens (including phenoxy) is 2. The zero-order valence-corrected chi connectivity index (χ0v) is 11.7. The predicted octanol–water partition coefficient (Wildman–Crippen LogP) is 3.07. The van der Waals surface area contributed by atoms with Gasteiger partial charge in [0, 0.05) is 6.92 Å². The van der Waals surface area contributed by atoms with Crippen molar-refractivity contribution in [3.8, 4) is 0 Å². The van der Waals surface area contributed by atoms with E-state index >= 15 is 0 Å². The Morgan fingerprint density at radius 2 is 1.65 bits per heavy atom. The summed E-state index contributed by atoms with van der Waals surface area (Å²) in [5, 5.41) is 0. The molecule has 0 aliphatic carbocycles. The average molecular weight is 244 g/mol. The van der Waals surface area contributed by atoms with Crippen molar-refractivity contribution in [1.82, 2.24) is 0 Å². The molecule has 0 heterocycles. The number of carbonyl (C=O) groups excluding carboxylic acids is 2. The van der Waals surface area contributed by atoms with E-state index in [-0.39, 0.29) is 24.0 Å². The van der Waals surface area contributed by atoms with Gasteiger partial charge in [-0.25, -0.2) is 0 Å². The van der Waals surface area contributed by atoms with E-state index in [1.165, 1.54) is 6.92 Å². The molecule has 4 nitrogen and oxygen atoms in total. The molecule has 100 valence electrons. The second-order valence-corrected chi connectivity index (χ2v) is 4.09. The van der Waals surface area contributed by atoms with Gasteiger partial charge in [0.2, 0.25) is 0 Å². The van der Waals surface area contributed by atoms with E-state index in [4.69, 9.17) is 4.74 Å². The maximum Gasteiger partial charge on any atom is 0.308 e. The van der Waals surface area contributed by atoms with Gasteiger partial charge < -0.3 is 9.47 Å². The molecule has 1 atom stereocenters. The Kier molecular flexibility index (Phi) is 10.5. The van der Waals surface area contributed by atoms with Gasteiger partial charge in [0.1, 0.15) is 0 Å². The molecule has 0 bridgehead atoms. The minimum atomic E-state index is -0.312. The van der Waals surface area contributed by atoms with Crippen LogP contribution in [0.5, 0.6) is 0 Å². The van der Waals surface area contributed by atoms with Crippen LogP contribution in [0, 0.1) is 5.92 Å². The average Bonchev–Trinajstić information content (AvgIpc) is 2.14. The Hall–Kier alpha value is -1.32. The summed E-state index contributed by atoms with van der Waals surface area (Å²) < 4.78 is 9.38. The molecule has 4 heteroatoms. The van der Waals surface area contributed by atoms with Crippen LogP contribution in [0.2, 0.25) is 0 Å². The Morgan fingerprint density at radius 1 is 1.18 bits per heavy atom. The molecule has 0 amide bonds. The highest BCUT2D eigenvalue weighted by Gasteiger charge is 2.12. The number of carbonyl (C=O) groups is 2. The minimum Gasteiger partial charge on any atom is -0.463 e. The summed E-state index contributed by atoms with van der Waals surface area (Å²) in [7, 11) is 0. The first kappa shape index (κ1) is 18.1. The molecule has 0 aromatic heterocycles. The van der Waals surface area contributed by atoms with Crippen LogP contribution in [0.15, 0.2) is 12.3 Å². The first-order valence-electron chi connectivity index (χ1n) is 5.75. The van der Waals surface area contributed by atoms with Gasteiger partial charge in [-0.1, -0.05) is 20.4 Å². The first-order valence-corrected chi connectivity index (χ1v) is 5.75. The van der Waals surface area contributed by atoms with Crippen molar-refractivity contribution in [3.05, 3.63) is 12.3 Å². The van der Waals surface area contributed by atoms with Crippen LogP contribution in [0.4, 0.5) is 0 Å². The summed E-state index contributed by atoms with van der Waals surface area (Å²) in [6.07, 6.45) is 0.868. The largest absolute Gasteiger partial charge is 0.463 e. The Morgan fingerprint density at radius 3 is 1.82 bits per heavy atom. The van der Waals surface area contributed by atoms with E-state index in [0.29, 0.717) is 5.76 Å². The molecule has 0 spiro atoms. The lowest BCUT2D eigenvalue weighted by Crippen LogP contribution is -2.18. The normalized spacial score (nSPS) is 11.0. The van der Waals surface area contributed by atoms with E-state index in [9.17, 15) is 9.59 Å². The molecule has 1 unspecified atom stereocenters. The number of hydrogen-bond donors (Lipinski definition) is 0. The molecular formula is C13H24O4. The van der Waals surface area contributed by atoms with Gasteiger partial charge in [-0.3, -0.25) is 9.59 Å². The van der Waals surface area contributed by atoms with Gasteiger partial charge in [-0.2, -0.15) is 0 Å². The predicted molar refractivity (Wildman–Crippen MR) is 67.3 cm³/mol. The van der Waals surface area contributed by atoms with Gasteiger partial charge in [0.05, 0.1) is 17.8 Å². The molecular weight excluding hydrogens is 220 g/mol. The van der Waals surface area contributed by atoms with Crippen molar-refractivity contribution in [2.75, 3.05) is 0 Å². The molecule has 0 saturated heterocycles. The van der Waals surface area contributed by atoms with Crippen molar-refractivity contribution >= 4 is 11.9 Å². The number of allylic oxidation sites excluding steroid dienone is 1. The fourth-order valence-electron chi connectivity index (χ4n) is 0.760. The highest BCUT2D eigenvalue weighted by molar-refractivity contribution is 5.72. The van der Waals surface area contributed by atoms with Crippen molar-refractivity contribution in [2.45, 2.75) is 54.1 Å². The zero-order chi connectivity index (χ0) is 14.0. The maximum absolute atomic E-state index is 11.0. The lowest BCUT2D eigenvalue weighted by atomic mass is 10.1. The smallest absolute Gasteiger partial charge is 0.308 e. The van der Waals surface area contributed by atoms with Crippen molar-refractivity contribution in [1.29, 1.82) is 0 Å². The zero-order valence-electron chi connectivity index (χ0n) is 11.7. The molecule has 0 aliphatic rings. The molecule has 0 saturated carbocycles. The summed E-state index contributed by atoms with van der Waals surface area (Å²) in [5.74, 6) is 0.0832. The van der Waals surface area contributed by atoms with Gasteiger partial charge in [0.25, 0.3) is 0 Å². The second-order valence-electron chi connectivity index (χ2n) is 4.09. The SMILES string of the molecule is C=C(C)OC(C)=O.CCC(C)C(=O)OC(C)C. The lowest BCUT2D eigenvalue weighted by Gasteiger charge is -2.11. The first-order chi connectivity index (χ1) is 7.70. The fourth-order valence-corrected chi connectivity index (χ4v) is 0.760. The van der Waals surface area contributed by atoms with E-state index < -0.39 is 0 Å². The fraction of sp³-hybridized carbons (Fsp3) is 0.692. The standard InChI is InChI=1S/C8H16O2.C5H8O2/c1-5-7(4)8(9)10-6(2)3;1-4(2)7-5(3)6/h6-7H,5H2,1-4H3;1H2,2-3H3. The highest BCUT2D eigenvalue weighted by Crippen LogP contribution is 2.04. The van der Waals surface area contributed by atoms with Crippen LogP contribution in [0.25, 0.3) is 0 Å². The molecule has 0 radical (unpaired) electrons. The Bertz CT molecular complexity index is 244. The number of hydrogen-bond acceptors (Lipinski definition) is 4. The van der Waals surface area contributed by atoms with Crippen LogP contribution in [-0.2, 0) is 19.1 Å².